The second-order valence-electron chi connectivity index (χ2n) is 6.16. The van der Waals surface area contributed by atoms with Gasteiger partial charge in [-0.05, 0) is 42.8 Å². The molecule has 0 spiro atoms. The van der Waals surface area contributed by atoms with Gasteiger partial charge in [0.15, 0.2) is 0 Å². The fourth-order valence-electron chi connectivity index (χ4n) is 2.80. The molecule has 0 atom stereocenters. The van der Waals surface area contributed by atoms with Gasteiger partial charge in [-0.1, -0.05) is 36.4 Å². The summed E-state index contributed by atoms with van der Waals surface area (Å²) in [4.78, 5) is 17.4. The molecule has 3 aromatic rings. The lowest BCUT2D eigenvalue weighted by atomic mass is 9.97. The van der Waals surface area contributed by atoms with Crippen molar-refractivity contribution in [1.29, 1.82) is 0 Å². The summed E-state index contributed by atoms with van der Waals surface area (Å²) in [5, 5.41) is 4.94. The van der Waals surface area contributed by atoms with E-state index in [0.29, 0.717) is 11.3 Å². The molecule has 0 unspecified atom stereocenters. The van der Waals surface area contributed by atoms with Crippen molar-refractivity contribution in [2.75, 3.05) is 7.11 Å². The summed E-state index contributed by atoms with van der Waals surface area (Å²) in [6, 6.07) is 17.2. The molecule has 0 saturated carbocycles. The van der Waals surface area contributed by atoms with Gasteiger partial charge in [-0.2, -0.15) is 0 Å². The highest BCUT2D eigenvalue weighted by Crippen LogP contribution is 2.29. The summed E-state index contributed by atoms with van der Waals surface area (Å²) in [6.45, 7) is 3.87. The summed E-state index contributed by atoms with van der Waals surface area (Å²) < 4.78 is 5.42. The third-order valence-electron chi connectivity index (χ3n) is 4.07. The zero-order valence-corrected chi connectivity index (χ0v) is 14.0. The van der Waals surface area contributed by atoms with E-state index < -0.39 is 5.54 Å². The van der Waals surface area contributed by atoms with Crippen molar-refractivity contribution in [3.8, 4) is 5.75 Å². The number of nitrogens with one attached hydrogen (secondary N) is 1. The SMILES string of the molecule is COc1ccc2ccccc2c1C(=O)NC(C)(C)c1ccccn1. The predicted octanol–water partition coefficient (Wildman–Crippen LogP) is 3.91. The average molecular weight is 320 g/mol. The summed E-state index contributed by atoms with van der Waals surface area (Å²) in [5.74, 6) is 0.377. The first-order chi connectivity index (χ1) is 11.5. The topological polar surface area (TPSA) is 51.2 Å². The third kappa shape index (κ3) is 2.95. The van der Waals surface area contributed by atoms with Crippen LogP contribution in [0.15, 0.2) is 60.8 Å². The van der Waals surface area contributed by atoms with Crippen molar-refractivity contribution in [1.82, 2.24) is 10.3 Å². The number of methoxy groups -OCH3 is 1. The fourth-order valence-corrected chi connectivity index (χ4v) is 2.80. The van der Waals surface area contributed by atoms with E-state index in [4.69, 9.17) is 4.74 Å². The minimum atomic E-state index is -0.597. The fraction of sp³-hybridized carbons (Fsp3) is 0.200. The third-order valence-corrected chi connectivity index (χ3v) is 4.07. The van der Waals surface area contributed by atoms with Gasteiger partial charge in [-0.3, -0.25) is 9.78 Å². The van der Waals surface area contributed by atoms with Crippen molar-refractivity contribution >= 4 is 16.7 Å². The maximum atomic E-state index is 13.0. The van der Waals surface area contributed by atoms with Gasteiger partial charge >= 0.3 is 0 Å². The van der Waals surface area contributed by atoms with Gasteiger partial charge in [-0.25, -0.2) is 0 Å². The van der Waals surface area contributed by atoms with Crippen molar-refractivity contribution < 1.29 is 9.53 Å². The number of pyridine rings is 1. The van der Waals surface area contributed by atoms with Gasteiger partial charge in [0.25, 0.3) is 5.91 Å². The zero-order valence-electron chi connectivity index (χ0n) is 14.0. The quantitative estimate of drug-likeness (QED) is 0.793. The Morgan fingerprint density at radius 2 is 1.79 bits per heavy atom. The lowest BCUT2D eigenvalue weighted by Crippen LogP contribution is -2.41. The Morgan fingerprint density at radius 1 is 1.04 bits per heavy atom. The monoisotopic (exact) mass is 320 g/mol. The Hall–Kier alpha value is -2.88. The van der Waals surface area contributed by atoms with Crippen LogP contribution in [0.25, 0.3) is 10.8 Å². The maximum absolute atomic E-state index is 13.0. The van der Waals surface area contributed by atoms with Crippen molar-refractivity contribution in [3.05, 3.63) is 72.1 Å². The molecular formula is C20H20N2O2. The molecule has 4 heteroatoms. The number of fused-ring (bicyclic) bond motifs is 1. The van der Waals surface area contributed by atoms with Gasteiger partial charge in [0.1, 0.15) is 5.75 Å². The number of aromatic nitrogens is 1. The Bertz CT molecular complexity index is 873. The van der Waals surface area contributed by atoms with Crippen LogP contribution in [0.3, 0.4) is 0 Å². The summed E-state index contributed by atoms with van der Waals surface area (Å²) >= 11 is 0. The number of hydrogen-bond donors (Lipinski definition) is 1. The predicted molar refractivity (Wildman–Crippen MR) is 95.2 cm³/mol. The molecule has 0 aliphatic rings. The number of benzene rings is 2. The molecule has 122 valence electrons. The average Bonchev–Trinajstić information content (AvgIpc) is 2.61. The second-order valence-corrected chi connectivity index (χ2v) is 6.16. The Kier molecular flexibility index (Phi) is 4.21. The molecule has 1 aromatic heterocycles. The highest BCUT2D eigenvalue weighted by atomic mass is 16.5. The lowest BCUT2D eigenvalue weighted by Gasteiger charge is -2.26. The molecule has 0 fully saturated rings. The van der Waals surface area contributed by atoms with E-state index in [9.17, 15) is 4.79 Å². The number of amides is 1. The standard InChI is InChI=1S/C20H20N2O2/c1-20(2,17-10-6-7-13-21-17)22-19(23)18-15-9-5-4-8-14(15)11-12-16(18)24-3/h4-13H,1-3H3,(H,22,23). The Balaban J connectivity index is 2.03. The van der Waals surface area contributed by atoms with Crippen LogP contribution in [0.4, 0.5) is 0 Å². The highest BCUT2D eigenvalue weighted by Gasteiger charge is 2.27. The zero-order chi connectivity index (χ0) is 17.2. The lowest BCUT2D eigenvalue weighted by molar-refractivity contribution is 0.0909. The van der Waals surface area contributed by atoms with Crippen LogP contribution in [-0.4, -0.2) is 18.0 Å². The van der Waals surface area contributed by atoms with E-state index in [1.807, 2.05) is 68.4 Å². The molecule has 0 saturated heterocycles. The molecule has 3 rings (SSSR count). The van der Waals surface area contributed by atoms with Crippen LogP contribution in [-0.2, 0) is 5.54 Å². The molecular weight excluding hydrogens is 300 g/mol. The normalized spacial score (nSPS) is 11.3. The number of rotatable bonds is 4. The first-order valence-corrected chi connectivity index (χ1v) is 7.83. The molecule has 4 nitrogen and oxygen atoms in total. The van der Waals surface area contributed by atoms with Crippen LogP contribution < -0.4 is 10.1 Å². The van der Waals surface area contributed by atoms with E-state index in [-0.39, 0.29) is 5.91 Å². The molecule has 2 aromatic carbocycles. The molecule has 24 heavy (non-hydrogen) atoms. The van der Waals surface area contributed by atoms with Gasteiger partial charge in [0, 0.05) is 6.20 Å². The van der Waals surface area contributed by atoms with E-state index in [2.05, 4.69) is 10.3 Å². The first kappa shape index (κ1) is 16.0. The number of carbonyl (C=O) groups is 1. The first-order valence-electron chi connectivity index (χ1n) is 7.83. The highest BCUT2D eigenvalue weighted by molar-refractivity contribution is 6.09. The number of hydrogen-bond acceptors (Lipinski definition) is 3. The number of carbonyl (C=O) groups excluding carboxylic acids is 1. The molecule has 0 bridgehead atoms. The molecule has 0 radical (unpaired) electrons. The summed E-state index contributed by atoms with van der Waals surface area (Å²) in [7, 11) is 1.57. The second kappa shape index (κ2) is 6.32. The van der Waals surface area contributed by atoms with Gasteiger partial charge in [-0.15, -0.1) is 0 Å². The van der Waals surface area contributed by atoms with E-state index in [0.717, 1.165) is 16.5 Å². The van der Waals surface area contributed by atoms with Crippen molar-refractivity contribution in [2.45, 2.75) is 19.4 Å². The summed E-state index contributed by atoms with van der Waals surface area (Å²) in [5.41, 5.74) is 0.748. The largest absolute Gasteiger partial charge is 0.496 e. The molecule has 1 heterocycles. The van der Waals surface area contributed by atoms with Crippen LogP contribution in [0.2, 0.25) is 0 Å². The van der Waals surface area contributed by atoms with Crippen LogP contribution in [0, 0.1) is 0 Å². The summed E-state index contributed by atoms with van der Waals surface area (Å²) in [6.07, 6.45) is 1.72. The van der Waals surface area contributed by atoms with E-state index in [1.54, 1.807) is 13.3 Å². The van der Waals surface area contributed by atoms with Gasteiger partial charge in [0.05, 0.1) is 23.9 Å². The minimum absolute atomic E-state index is 0.181. The molecule has 0 aliphatic heterocycles. The smallest absolute Gasteiger partial charge is 0.256 e. The number of ether oxygens (including phenoxy) is 1. The number of nitrogens with zero attached hydrogens (tertiary/aromatic N) is 1. The van der Waals surface area contributed by atoms with Crippen molar-refractivity contribution in [2.24, 2.45) is 0 Å². The Morgan fingerprint density at radius 3 is 2.50 bits per heavy atom. The van der Waals surface area contributed by atoms with Crippen molar-refractivity contribution in [3.63, 3.8) is 0 Å². The Labute approximate surface area is 141 Å². The van der Waals surface area contributed by atoms with Gasteiger partial charge < -0.3 is 10.1 Å². The van der Waals surface area contributed by atoms with Crippen LogP contribution >= 0.6 is 0 Å². The van der Waals surface area contributed by atoms with Gasteiger partial charge in [0.2, 0.25) is 0 Å². The van der Waals surface area contributed by atoms with Crippen LogP contribution in [0.1, 0.15) is 29.9 Å². The van der Waals surface area contributed by atoms with E-state index in [1.165, 1.54) is 0 Å². The minimum Gasteiger partial charge on any atom is -0.496 e. The van der Waals surface area contributed by atoms with Crippen LogP contribution in [0.5, 0.6) is 5.75 Å². The molecule has 0 aliphatic carbocycles. The van der Waals surface area contributed by atoms with E-state index >= 15 is 0 Å². The molecule has 1 N–H and O–H groups in total. The maximum Gasteiger partial charge on any atom is 0.256 e. The molecule has 1 amide bonds.